The number of carbonyl (C=O) groups excluding carboxylic acids is 1. The lowest BCUT2D eigenvalue weighted by atomic mass is 9.89. The van der Waals surface area contributed by atoms with Gasteiger partial charge in [-0.05, 0) is 18.1 Å². The van der Waals surface area contributed by atoms with Gasteiger partial charge >= 0.3 is 0 Å². The summed E-state index contributed by atoms with van der Waals surface area (Å²) in [5.74, 6) is 0.266. The topological polar surface area (TPSA) is 56.0 Å². The second kappa shape index (κ2) is 4.86. The van der Waals surface area contributed by atoms with Crippen molar-refractivity contribution >= 4 is 5.78 Å². The average Bonchev–Trinajstić information content (AvgIpc) is 2.19. The predicted octanol–water partition coefficient (Wildman–Crippen LogP) is 1.50. The molecule has 0 aliphatic carbocycles. The molecule has 3 nitrogen and oxygen atoms in total. The minimum atomic E-state index is -0.0980. The molecule has 1 aromatic heterocycles. The number of aromatic nitrogens is 1. The first-order valence-corrected chi connectivity index (χ1v) is 4.81. The van der Waals surface area contributed by atoms with Crippen LogP contribution in [0.5, 0.6) is 0 Å². The summed E-state index contributed by atoms with van der Waals surface area (Å²) in [7, 11) is 0. The van der Waals surface area contributed by atoms with E-state index in [1.807, 2.05) is 13.8 Å². The Morgan fingerprint density at radius 3 is 2.71 bits per heavy atom. The lowest BCUT2D eigenvalue weighted by molar-refractivity contribution is 0.0892. The third-order valence-corrected chi connectivity index (χ3v) is 2.34. The fraction of sp³-hybridized carbons (Fsp3) is 0.455. The summed E-state index contributed by atoms with van der Waals surface area (Å²) in [5.41, 5.74) is 6.22. The van der Waals surface area contributed by atoms with Gasteiger partial charge in [-0.3, -0.25) is 9.78 Å². The van der Waals surface area contributed by atoms with Crippen LogP contribution in [0.2, 0.25) is 0 Å². The number of nitrogens with zero attached hydrogens (tertiary/aromatic N) is 1. The first-order chi connectivity index (χ1) is 6.66. The minimum Gasteiger partial charge on any atom is -0.330 e. The highest BCUT2D eigenvalue weighted by molar-refractivity contribution is 5.97. The van der Waals surface area contributed by atoms with Crippen molar-refractivity contribution in [2.75, 3.05) is 6.54 Å². The van der Waals surface area contributed by atoms with Crippen molar-refractivity contribution in [3.8, 4) is 0 Å². The Bertz CT molecular complexity index is 295. The summed E-state index contributed by atoms with van der Waals surface area (Å²) in [6, 6.07) is 3.54. The smallest absolute Gasteiger partial charge is 0.169 e. The maximum Gasteiger partial charge on any atom is 0.169 e. The first-order valence-electron chi connectivity index (χ1n) is 4.81. The molecule has 76 valence electrons. The molecule has 14 heavy (non-hydrogen) atoms. The molecule has 3 heteroatoms. The Kier molecular flexibility index (Phi) is 3.77. The van der Waals surface area contributed by atoms with Crippen molar-refractivity contribution in [1.82, 2.24) is 4.98 Å². The average molecular weight is 192 g/mol. The molecule has 0 fully saturated rings. The van der Waals surface area contributed by atoms with Crippen molar-refractivity contribution in [1.29, 1.82) is 0 Å². The molecule has 0 saturated heterocycles. The van der Waals surface area contributed by atoms with E-state index in [2.05, 4.69) is 4.98 Å². The maximum absolute atomic E-state index is 11.9. The summed E-state index contributed by atoms with van der Waals surface area (Å²) in [6.45, 7) is 4.41. The van der Waals surface area contributed by atoms with Crippen LogP contribution in [-0.2, 0) is 0 Å². The quantitative estimate of drug-likeness (QED) is 0.735. The molecule has 1 rings (SSSR count). The molecule has 0 amide bonds. The zero-order valence-corrected chi connectivity index (χ0v) is 8.60. The van der Waals surface area contributed by atoms with E-state index in [9.17, 15) is 4.79 Å². The fourth-order valence-corrected chi connectivity index (χ4v) is 1.40. The van der Waals surface area contributed by atoms with Crippen LogP contribution in [0.4, 0.5) is 0 Å². The van der Waals surface area contributed by atoms with Gasteiger partial charge in [0.15, 0.2) is 5.78 Å². The number of Topliss-reactive ketones (excluding diaryl/α,β-unsaturated/α-hetero) is 1. The lowest BCUT2D eigenvalue weighted by Gasteiger charge is -2.16. The van der Waals surface area contributed by atoms with Gasteiger partial charge in [-0.15, -0.1) is 0 Å². The summed E-state index contributed by atoms with van der Waals surface area (Å²) < 4.78 is 0. The largest absolute Gasteiger partial charge is 0.330 e. The van der Waals surface area contributed by atoms with Gasteiger partial charge in [-0.1, -0.05) is 13.8 Å². The van der Waals surface area contributed by atoms with E-state index in [1.165, 1.54) is 0 Å². The molecule has 0 saturated carbocycles. The number of carbonyl (C=O) groups is 1. The standard InChI is InChI=1S/C11H16N2O/c1-8(2)10(6-12)11(14)9-4-3-5-13-7-9/h3-5,7-8,10H,6,12H2,1-2H3. The molecule has 1 atom stereocenters. The van der Waals surface area contributed by atoms with E-state index in [0.29, 0.717) is 12.1 Å². The van der Waals surface area contributed by atoms with Crippen molar-refractivity contribution in [2.24, 2.45) is 17.6 Å². The van der Waals surface area contributed by atoms with E-state index in [4.69, 9.17) is 5.73 Å². The predicted molar refractivity (Wildman–Crippen MR) is 55.9 cm³/mol. The van der Waals surface area contributed by atoms with Crippen molar-refractivity contribution < 1.29 is 4.79 Å². The summed E-state index contributed by atoms with van der Waals surface area (Å²) in [6.07, 6.45) is 3.25. The Hall–Kier alpha value is -1.22. The number of rotatable bonds is 4. The first kappa shape index (κ1) is 10.9. The van der Waals surface area contributed by atoms with Crippen LogP contribution in [0.15, 0.2) is 24.5 Å². The highest BCUT2D eigenvalue weighted by Crippen LogP contribution is 2.15. The number of nitrogens with two attached hydrogens (primary N) is 1. The van der Waals surface area contributed by atoms with Gasteiger partial charge in [0.1, 0.15) is 0 Å². The molecule has 1 unspecified atom stereocenters. The van der Waals surface area contributed by atoms with E-state index in [1.54, 1.807) is 24.5 Å². The van der Waals surface area contributed by atoms with Gasteiger partial charge in [0.05, 0.1) is 0 Å². The van der Waals surface area contributed by atoms with Crippen LogP contribution < -0.4 is 5.73 Å². The molecule has 0 spiro atoms. The van der Waals surface area contributed by atoms with E-state index < -0.39 is 0 Å². The summed E-state index contributed by atoms with van der Waals surface area (Å²) >= 11 is 0. The normalized spacial score (nSPS) is 12.9. The highest BCUT2D eigenvalue weighted by atomic mass is 16.1. The van der Waals surface area contributed by atoms with Crippen molar-refractivity contribution in [3.05, 3.63) is 30.1 Å². The zero-order chi connectivity index (χ0) is 10.6. The van der Waals surface area contributed by atoms with E-state index in [0.717, 1.165) is 0 Å². The van der Waals surface area contributed by atoms with Gasteiger partial charge in [0, 0.05) is 30.4 Å². The Labute approximate surface area is 84.3 Å². The number of hydrogen-bond acceptors (Lipinski definition) is 3. The second-order valence-electron chi connectivity index (χ2n) is 3.69. The highest BCUT2D eigenvalue weighted by Gasteiger charge is 2.21. The minimum absolute atomic E-state index is 0.0931. The van der Waals surface area contributed by atoms with Gasteiger partial charge in [-0.25, -0.2) is 0 Å². The van der Waals surface area contributed by atoms with Crippen molar-refractivity contribution in [3.63, 3.8) is 0 Å². The Balaban J connectivity index is 2.84. The molecule has 1 aromatic rings. The zero-order valence-electron chi connectivity index (χ0n) is 8.60. The molecule has 0 aromatic carbocycles. The number of ketones is 1. The number of pyridine rings is 1. The summed E-state index contributed by atoms with van der Waals surface area (Å²) in [4.78, 5) is 15.8. The molecule has 0 aliphatic rings. The maximum atomic E-state index is 11.9. The van der Waals surface area contributed by atoms with Gasteiger partial charge in [0.25, 0.3) is 0 Å². The number of hydrogen-bond donors (Lipinski definition) is 1. The van der Waals surface area contributed by atoms with E-state index >= 15 is 0 Å². The Morgan fingerprint density at radius 1 is 1.57 bits per heavy atom. The second-order valence-corrected chi connectivity index (χ2v) is 3.69. The van der Waals surface area contributed by atoms with Crippen LogP contribution >= 0.6 is 0 Å². The molecule has 1 heterocycles. The van der Waals surface area contributed by atoms with Crippen LogP contribution in [-0.4, -0.2) is 17.3 Å². The molecule has 0 aliphatic heterocycles. The lowest BCUT2D eigenvalue weighted by Crippen LogP contribution is -2.28. The summed E-state index contributed by atoms with van der Waals surface area (Å²) in [5, 5.41) is 0. The fourth-order valence-electron chi connectivity index (χ4n) is 1.40. The van der Waals surface area contributed by atoms with Crippen molar-refractivity contribution in [2.45, 2.75) is 13.8 Å². The SMILES string of the molecule is CC(C)C(CN)C(=O)c1cccnc1. The van der Waals surface area contributed by atoms with Crippen LogP contribution in [0.25, 0.3) is 0 Å². The van der Waals surface area contributed by atoms with Crippen LogP contribution in [0.3, 0.4) is 0 Å². The Morgan fingerprint density at radius 2 is 2.29 bits per heavy atom. The van der Waals surface area contributed by atoms with Crippen LogP contribution in [0, 0.1) is 11.8 Å². The molecule has 0 bridgehead atoms. The molecule has 2 N–H and O–H groups in total. The molecule has 0 radical (unpaired) electrons. The van der Waals surface area contributed by atoms with Gasteiger partial charge in [0.2, 0.25) is 0 Å². The van der Waals surface area contributed by atoms with Gasteiger partial charge in [-0.2, -0.15) is 0 Å². The molecular weight excluding hydrogens is 176 g/mol. The molecular formula is C11H16N2O. The third-order valence-electron chi connectivity index (χ3n) is 2.34. The monoisotopic (exact) mass is 192 g/mol. The third kappa shape index (κ3) is 2.39. The van der Waals surface area contributed by atoms with E-state index in [-0.39, 0.29) is 17.6 Å². The van der Waals surface area contributed by atoms with Crippen LogP contribution in [0.1, 0.15) is 24.2 Å². The van der Waals surface area contributed by atoms with Gasteiger partial charge < -0.3 is 5.73 Å².